The number of aromatic nitrogens is 2. The molecule has 0 atom stereocenters. The molecular weight excluding hydrogens is 326 g/mol. The van der Waals surface area contributed by atoms with Gasteiger partial charge < -0.3 is 10.4 Å². The second kappa shape index (κ2) is 5.47. The number of nitrogens with zero attached hydrogens (tertiary/aromatic N) is 3. The highest BCUT2D eigenvalue weighted by Gasteiger charge is 2.29. The van der Waals surface area contributed by atoms with E-state index in [9.17, 15) is 13.9 Å². The van der Waals surface area contributed by atoms with E-state index in [1.807, 2.05) is 12.1 Å². The first-order valence-electron chi connectivity index (χ1n) is 7.69. The lowest BCUT2D eigenvalue weighted by Crippen LogP contribution is -2.13. The van der Waals surface area contributed by atoms with Crippen LogP contribution in [0.2, 0.25) is 0 Å². The first kappa shape index (κ1) is 15.4. The molecule has 0 unspecified atom stereocenters. The van der Waals surface area contributed by atoms with E-state index in [1.165, 1.54) is 6.07 Å². The second-order valence-electron chi connectivity index (χ2n) is 5.94. The Balaban J connectivity index is 1.75. The summed E-state index contributed by atoms with van der Waals surface area (Å²) >= 11 is 0. The van der Waals surface area contributed by atoms with Crippen LogP contribution in [0.25, 0.3) is 10.8 Å². The number of benzene rings is 1. The molecule has 1 aliphatic heterocycles. The molecule has 2 aromatic heterocycles. The zero-order valence-electron chi connectivity index (χ0n) is 13.3. The number of amidine groups is 1. The van der Waals surface area contributed by atoms with Crippen LogP contribution in [-0.2, 0) is 12.5 Å². The molecule has 7 heteroatoms. The predicted octanol–water partition coefficient (Wildman–Crippen LogP) is 3.82. The Labute approximate surface area is 142 Å². The van der Waals surface area contributed by atoms with Crippen LogP contribution >= 0.6 is 0 Å². The summed E-state index contributed by atoms with van der Waals surface area (Å²) in [6.07, 6.45) is 2.73. The fraction of sp³-hybridized carbons (Fsp3) is 0.167. The van der Waals surface area contributed by atoms with E-state index < -0.39 is 5.92 Å². The predicted molar refractivity (Wildman–Crippen MR) is 91.1 cm³/mol. The maximum atomic E-state index is 13.7. The lowest BCUT2D eigenvalue weighted by atomic mass is 10.0. The van der Waals surface area contributed by atoms with Crippen molar-refractivity contribution >= 4 is 22.3 Å². The number of halogens is 2. The van der Waals surface area contributed by atoms with Crippen molar-refractivity contribution in [1.29, 1.82) is 0 Å². The highest BCUT2D eigenvalue weighted by molar-refractivity contribution is 6.10. The minimum atomic E-state index is -3.10. The van der Waals surface area contributed by atoms with Gasteiger partial charge in [-0.15, -0.1) is 0 Å². The first-order chi connectivity index (χ1) is 11.9. The number of alkyl halides is 2. The van der Waals surface area contributed by atoms with Gasteiger partial charge in [0.15, 0.2) is 5.84 Å². The Bertz CT molecular complexity index is 1010. The summed E-state index contributed by atoms with van der Waals surface area (Å²) in [6, 6.07) is 8.58. The third kappa shape index (κ3) is 2.67. The van der Waals surface area contributed by atoms with Crippen molar-refractivity contribution in [3.8, 4) is 5.75 Å². The van der Waals surface area contributed by atoms with Gasteiger partial charge in [0.25, 0.3) is 5.92 Å². The van der Waals surface area contributed by atoms with Crippen LogP contribution in [0.5, 0.6) is 5.75 Å². The molecular formula is C18H14F2N4O. The first-order valence-corrected chi connectivity index (χ1v) is 7.69. The Kier molecular flexibility index (Phi) is 3.38. The van der Waals surface area contributed by atoms with E-state index in [2.05, 4.69) is 20.3 Å². The Hall–Kier alpha value is -3.09. The van der Waals surface area contributed by atoms with E-state index in [-0.39, 0.29) is 16.8 Å². The number of anilines is 1. The molecule has 0 amide bonds. The summed E-state index contributed by atoms with van der Waals surface area (Å²) in [5.41, 5.74) is 2.04. The summed E-state index contributed by atoms with van der Waals surface area (Å²) in [4.78, 5) is 12.4. The molecule has 2 N–H and O–H groups in total. The second-order valence-corrected chi connectivity index (χ2v) is 5.94. The average Bonchev–Trinajstić information content (AvgIpc) is 2.98. The zero-order chi connectivity index (χ0) is 17.6. The van der Waals surface area contributed by atoms with Crippen molar-refractivity contribution in [2.45, 2.75) is 19.4 Å². The van der Waals surface area contributed by atoms with Gasteiger partial charge in [-0.3, -0.25) is 15.0 Å². The summed E-state index contributed by atoms with van der Waals surface area (Å²) < 4.78 is 27.4. The maximum absolute atomic E-state index is 13.7. The van der Waals surface area contributed by atoms with E-state index in [0.29, 0.717) is 23.5 Å². The van der Waals surface area contributed by atoms with Crippen LogP contribution in [0.4, 0.5) is 14.5 Å². The van der Waals surface area contributed by atoms with Crippen molar-refractivity contribution in [3.63, 3.8) is 0 Å². The molecule has 3 aromatic rings. The summed E-state index contributed by atoms with van der Waals surface area (Å²) in [5, 5.41) is 13.7. The minimum absolute atomic E-state index is 0.154. The molecule has 126 valence electrons. The number of fused-ring (bicyclic) bond motifs is 2. The largest absolute Gasteiger partial charge is 0.506 e. The van der Waals surface area contributed by atoms with Gasteiger partial charge in [0.05, 0.1) is 12.7 Å². The van der Waals surface area contributed by atoms with Crippen LogP contribution < -0.4 is 5.32 Å². The monoisotopic (exact) mass is 340 g/mol. The number of aliphatic imine (C=N–C) groups is 1. The van der Waals surface area contributed by atoms with Crippen molar-refractivity contribution in [2.75, 3.05) is 5.32 Å². The lowest BCUT2D eigenvalue weighted by molar-refractivity contribution is 0.0145. The molecule has 0 radical (unpaired) electrons. The van der Waals surface area contributed by atoms with Crippen LogP contribution in [-0.4, -0.2) is 20.9 Å². The van der Waals surface area contributed by atoms with Crippen LogP contribution in [0.1, 0.15) is 23.9 Å². The topological polar surface area (TPSA) is 70.4 Å². The zero-order valence-corrected chi connectivity index (χ0v) is 13.3. The molecule has 0 saturated carbocycles. The maximum Gasteiger partial charge on any atom is 0.287 e. The third-order valence-electron chi connectivity index (χ3n) is 4.07. The summed E-state index contributed by atoms with van der Waals surface area (Å²) in [5.74, 6) is -2.64. The van der Waals surface area contributed by atoms with E-state index in [1.54, 1.807) is 18.3 Å². The van der Waals surface area contributed by atoms with Gasteiger partial charge in [0.1, 0.15) is 17.1 Å². The van der Waals surface area contributed by atoms with Gasteiger partial charge in [0, 0.05) is 35.1 Å². The van der Waals surface area contributed by atoms with Gasteiger partial charge >= 0.3 is 0 Å². The highest BCUT2D eigenvalue weighted by atomic mass is 19.3. The Morgan fingerprint density at radius 2 is 2.00 bits per heavy atom. The number of hydrogen-bond donors (Lipinski definition) is 2. The highest BCUT2D eigenvalue weighted by Crippen LogP contribution is 2.36. The Morgan fingerprint density at radius 1 is 1.16 bits per heavy atom. The summed E-state index contributed by atoms with van der Waals surface area (Å²) in [7, 11) is 0. The van der Waals surface area contributed by atoms with Crippen LogP contribution in [0.15, 0.2) is 47.7 Å². The van der Waals surface area contributed by atoms with E-state index in [0.717, 1.165) is 24.4 Å². The van der Waals surface area contributed by atoms with Crippen molar-refractivity contribution < 1.29 is 13.9 Å². The molecule has 4 rings (SSSR count). The van der Waals surface area contributed by atoms with Crippen LogP contribution in [0.3, 0.4) is 0 Å². The lowest BCUT2D eigenvalue weighted by Gasteiger charge is -2.14. The Morgan fingerprint density at radius 3 is 2.80 bits per heavy atom. The third-order valence-corrected chi connectivity index (χ3v) is 4.07. The number of pyridine rings is 2. The molecule has 1 aliphatic rings. The molecule has 0 fully saturated rings. The molecule has 25 heavy (non-hydrogen) atoms. The van der Waals surface area contributed by atoms with Gasteiger partial charge in [-0.25, -0.2) is 0 Å². The van der Waals surface area contributed by atoms with E-state index in [4.69, 9.17) is 0 Å². The van der Waals surface area contributed by atoms with Crippen molar-refractivity contribution in [3.05, 3.63) is 59.7 Å². The smallest absolute Gasteiger partial charge is 0.287 e. The number of aromatic hydroxyl groups is 1. The number of hydrogen-bond acceptors (Lipinski definition) is 5. The van der Waals surface area contributed by atoms with Crippen molar-refractivity contribution in [1.82, 2.24) is 9.97 Å². The minimum Gasteiger partial charge on any atom is -0.506 e. The number of rotatable bonds is 2. The number of nitrogens with one attached hydrogen (secondary N) is 1. The van der Waals surface area contributed by atoms with Gasteiger partial charge in [0.2, 0.25) is 0 Å². The molecule has 5 nitrogen and oxygen atoms in total. The molecule has 0 bridgehead atoms. The fourth-order valence-electron chi connectivity index (χ4n) is 2.91. The molecule has 0 aliphatic carbocycles. The molecule has 1 aromatic carbocycles. The molecule has 0 saturated heterocycles. The van der Waals surface area contributed by atoms with Gasteiger partial charge in [-0.05, 0) is 18.2 Å². The van der Waals surface area contributed by atoms with Crippen LogP contribution in [0, 0.1) is 0 Å². The summed E-state index contributed by atoms with van der Waals surface area (Å²) in [6.45, 7) is 1.33. The van der Waals surface area contributed by atoms with E-state index >= 15 is 0 Å². The van der Waals surface area contributed by atoms with Crippen molar-refractivity contribution in [2.24, 2.45) is 4.99 Å². The standard InChI is InChI=1S/C18H14F2N4O/c1-18(19,20)16-12-5-4-11(7-13(12)14(25)9-22-16)24-17-15-10(8-23-17)3-2-6-21-15/h2-7,9,25H,8H2,1H3,(H,23,24). The van der Waals surface area contributed by atoms with Gasteiger partial charge in [-0.1, -0.05) is 12.1 Å². The molecule has 0 spiro atoms. The van der Waals surface area contributed by atoms with Gasteiger partial charge in [-0.2, -0.15) is 8.78 Å². The normalized spacial score (nSPS) is 13.6. The quantitative estimate of drug-likeness (QED) is 0.744. The molecule has 3 heterocycles. The SMILES string of the molecule is CC(F)(F)c1ncc(O)c2cc(NC3=NCc4cccnc43)ccc12. The average molecular weight is 340 g/mol. The fourth-order valence-corrected chi connectivity index (χ4v) is 2.91.